The first-order valence-corrected chi connectivity index (χ1v) is 8.55. The monoisotopic (exact) mass is 353 g/mol. The summed E-state index contributed by atoms with van der Waals surface area (Å²) in [7, 11) is -4.23. The fraction of sp³-hybridized carbons (Fsp3) is 0.400. The predicted molar refractivity (Wildman–Crippen MR) is 85.6 cm³/mol. The third-order valence-corrected chi connectivity index (χ3v) is 5.44. The summed E-state index contributed by atoms with van der Waals surface area (Å²) in [5.41, 5.74) is 0.447. The number of rotatable bonds is 7. The molecule has 1 rings (SSSR count). The second kappa shape index (κ2) is 7.90. The first-order chi connectivity index (χ1) is 11.1. The standard InChI is InChI=1S/C15H19N3O5S/c1-10-5-4-6-14(13(10)9-16)24(22,23)18(11(2)15(20)21)8-7-17-12(3)19/h4-6,11H,7-8H2,1-3H3,(H,17,19)(H,20,21). The van der Waals surface area contributed by atoms with Gasteiger partial charge in [-0.2, -0.15) is 9.57 Å². The molecule has 0 saturated carbocycles. The molecule has 0 heterocycles. The molecule has 0 aliphatic rings. The van der Waals surface area contributed by atoms with Crippen LogP contribution >= 0.6 is 0 Å². The van der Waals surface area contributed by atoms with E-state index >= 15 is 0 Å². The van der Waals surface area contributed by atoms with E-state index in [1.54, 1.807) is 13.0 Å². The SMILES string of the molecule is CC(=O)NCCN(C(C)C(=O)O)S(=O)(=O)c1cccc(C)c1C#N. The molecule has 1 aromatic carbocycles. The van der Waals surface area contributed by atoms with Gasteiger partial charge in [-0.1, -0.05) is 12.1 Å². The van der Waals surface area contributed by atoms with E-state index in [0.717, 1.165) is 4.31 Å². The number of amides is 1. The third kappa shape index (κ3) is 4.31. The zero-order chi connectivity index (χ0) is 18.5. The minimum Gasteiger partial charge on any atom is -0.480 e. The van der Waals surface area contributed by atoms with E-state index in [2.05, 4.69) is 5.32 Å². The molecule has 1 unspecified atom stereocenters. The molecule has 0 radical (unpaired) electrons. The molecule has 0 aromatic heterocycles. The molecule has 24 heavy (non-hydrogen) atoms. The Morgan fingerprint density at radius 3 is 2.54 bits per heavy atom. The van der Waals surface area contributed by atoms with Crippen LogP contribution < -0.4 is 5.32 Å². The molecule has 0 fully saturated rings. The summed E-state index contributed by atoms with van der Waals surface area (Å²) in [4.78, 5) is 22.0. The number of hydrogen-bond donors (Lipinski definition) is 2. The van der Waals surface area contributed by atoms with Crippen molar-refractivity contribution in [3.8, 4) is 6.07 Å². The number of aryl methyl sites for hydroxylation is 1. The average Bonchev–Trinajstić information content (AvgIpc) is 2.50. The Kier molecular flexibility index (Phi) is 6.45. The molecule has 0 aliphatic carbocycles. The van der Waals surface area contributed by atoms with Gasteiger partial charge in [0.15, 0.2) is 0 Å². The van der Waals surface area contributed by atoms with Crippen molar-refractivity contribution in [2.75, 3.05) is 13.1 Å². The van der Waals surface area contributed by atoms with Gasteiger partial charge in [0, 0.05) is 20.0 Å². The van der Waals surface area contributed by atoms with Crippen LogP contribution in [0, 0.1) is 18.3 Å². The summed E-state index contributed by atoms with van der Waals surface area (Å²) in [6.45, 7) is 3.83. The predicted octanol–water partition coefficient (Wildman–Crippen LogP) is 0.467. The molecule has 9 heteroatoms. The van der Waals surface area contributed by atoms with Gasteiger partial charge in [0.25, 0.3) is 0 Å². The van der Waals surface area contributed by atoms with Crippen LogP contribution in [0.15, 0.2) is 23.1 Å². The molecule has 1 atom stereocenters. The summed E-state index contributed by atoms with van der Waals surface area (Å²) < 4.78 is 26.5. The lowest BCUT2D eigenvalue weighted by Gasteiger charge is -2.26. The van der Waals surface area contributed by atoms with Crippen molar-refractivity contribution < 1.29 is 23.1 Å². The van der Waals surface area contributed by atoms with Crippen molar-refractivity contribution in [1.82, 2.24) is 9.62 Å². The lowest BCUT2D eigenvalue weighted by atomic mass is 10.1. The Hall–Kier alpha value is -2.44. The van der Waals surface area contributed by atoms with Crippen LogP contribution in [0.2, 0.25) is 0 Å². The van der Waals surface area contributed by atoms with E-state index in [1.165, 1.54) is 26.0 Å². The normalized spacial score (nSPS) is 12.5. The van der Waals surface area contributed by atoms with E-state index in [-0.39, 0.29) is 29.5 Å². The maximum absolute atomic E-state index is 12.9. The topological polar surface area (TPSA) is 128 Å². The van der Waals surface area contributed by atoms with E-state index in [4.69, 9.17) is 0 Å². The highest BCUT2D eigenvalue weighted by Crippen LogP contribution is 2.24. The number of hydrogen-bond acceptors (Lipinski definition) is 5. The van der Waals surface area contributed by atoms with Crippen molar-refractivity contribution in [3.63, 3.8) is 0 Å². The van der Waals surface area contributed by atoms with Gasteiger partial charge in [0.1, 0.15) is 17.0 Å². The number of carboxylic acids is 1. The largest absolute Gasteiger partial charge is 0.480 e. The van der Waals surface area contributed by atoms with Crippen molar-refractivity contribution >= 4 is 21.9 Å². The minimum atomic E-state index is -4.23. The van der Waals surface area contributed by atoms with Crippen LogP contribution in [0.25, 0.3) is 0 Å². The Labute approximate surface area is 140 Å². The molecule has 0 aliphatic heterocycles. The fourth-order valence-corrected chi connectivity index (χ4v) is 3.92. The third-order valence-electron chi connectivity index (χ3n) is 3.43. The molecule has 1 aromatic rings. The number of nitrogens with zero attached hydrogens (tertiary/aromatic N) is 2. The Morgan fingerprint density at radius 2 is 2.04 bits per heavy atom. The summed E-state index contributed by atoms with van der Waals surface area (Å²) in [6.07, 6.45) is 0. The number of sulfonamides is 1. The first kappa shape index (κ1) is 19.6. The number of benzene rings is 1. The maximum Gasteiger partial charge on any atom is 0.321 e. The van der Waals surface area contributed by atoms with Crippen molar-refractivity contribution in [2.45, 2.75) is 31.7 Å². The summed E-state index contributed by atoms with van der Waals surface area (Å²) in [5, 5.41) is 20.9. The van der Waals surface area contributed by atoms with Crippen LogP contribution in [-0.4, -0.2) is 48.8 Å². The summed E-state index contributed by atoms with van der Waals surface area (Å²) in [5.74, 6) is -1.68. The molecule has 0 bridgehead atoms. The number of nitrogens with one attached hydrogen (secondary N) is 1. The van der Waals surface area contributed by atoms with Crippen LogP contribution in [-0.2, 0) is 19.6 Å². The van der Waals surface area contributed by atoms with E-state index in [1.807, 2.05) is 6.07 Å². The molecule has 2 N–H and O–H groups in total. The van der Waals surface area contributed by atoms with Gasteiger partial charge in [-0.25, -0.2) is 8.42 Å². The Bertz CT molecular complexity index is 783. The zero-order valence-electron chi connectivity index (χ0n) is 13.6. The molecule has 130 valence electrons. The van der Waals surface area contributed by atoms with Gasteiger partial charge in [-0.05, 0) is 25.5 Å². The molecule has 0 spiro atoms. The average molecular weight is 353 g/mol. The second-order valence-corrected chi connectivity index (χ2v) is 7.03. The molecule has 1 amide bonds. The van der Waals surface area contributed by atoms with Gasteiger partial charge in [-0.3, -0.25) is 9.59 Å². The van der Waals surface area contributed by atoms with Crippen molar-refractivity contribution in [2.24, 2.45) is 0 Å². The van der Waals surface area contributed by atoms with Gasteiger partial charge in [0.05, 0.1) is 5.56 Å². The minimum absolute atomic E-state index is 0.0281. The van der Waals surface area contributed by atoms with Gasteiger partial charge in [0.2, 0.25) is 15.9 Å². The number of nitriles is 1. The molecular weight excluding hydrogens is 334 g/mol. The van der Waals surface area contributed by atoms with Crippen molar-refractivity contribution in [3.05, 3.63) is 29.3 Å². The molecule has 0 saturated heterocycles. The highest BCUT2D eigenvalue weighted by molar-refractivity contribution is 7.89. The number of carbonyl (C=O) groups is 2. The van der Waals surface area contributed by atoms with E-state index < -0.39 is 22.0 Å². The van der Waals surface area contributed by atoms with Gasteiger partial charge < -0.3 is 10.4 Å². The maximum atomic E-state index is 12.9. The molecular formula is C15H19N3O5S. The number of aliphatic carboxylic acids is 1. The Morgan fingerprint density at radius 1 is 1.42 bits per heavy atom. The van der Waals surface area contributed by atoms with Crippen LogP contribution in [0.3, 0.4) is 0 Å². The van der Waals surface area contributed by atoms with Crippen molar-refractivity contribution in [1.29, 1.82) is 5.26 Å². The quantitative estimate of drug-likeness (QED) is 0.733. The number of carboxylic acid groups (broad SMARTS) is 1. The summed E-state index contributed by atoms with van der Waals surface area (Å²) >= 11 is 0. The zero-order valence-corrected chi connectivity index (χ0v) is 14.4. The summed E-state index contributed by atoms with van der Waals surface area (Å²) in [6, 6.07) is 4.84. The van der Waals surface area contributed by atoms with Crippen LogP contribution in [0.5, 0.6) is 0 Å². The first-order valence-electron chi connectivity index (χ1n) is 7.11. The lowest BCUT2D eigenvalue weighted by molar-refractivity contribution is -0.140. The fourth-order valence-electron chi connectivity index (χ4n) is 2.11. The Balaban J connectivity index is 3.35. The smallest absolute Gasteiger partial charge is 0.321 e. The van der Waals surface area contributed by atoms with Gasteiger partial charge in [-0.15, -0.1) is 0 Å². The lowest BCUT2D eigenvalue weighted by Crippen LogP contribution is -2.46. The van der Waals surface area contributed by atoms with Gasteiger partial charge >= 0.3 is 5.97 Å². The highest BCUT2D eigenvalue weighted by Gasteiger charge is 2.34. The molecule has 8 nitrogen and oxygen atoms in total. The number of carbonyl (C=O) groups excluding carboxylic acids is 1. The van der Waals surface area contributed by atoms with E-state index in [0.29, 0.717) is 5.56 Å². The van der Waals surface area contributed by atoms with Crippen LogP contribution in [0.4, 0.5) is 0 Å². The second-order valence-electron chi connectivity index (χ2n) is 5.17. The van der Waals surface area contributed by atoms with Crippen LogP contribution in [0.1, 0.15) is 25.0 Å². The van der Waals surface area contributed by atoms with E-state index in [9.17, 15) is 28.4 Å². The highest BCUT2D eigenvalue weighted by atomic mass is 32.2.